The third kappa shape index (κ3) is 1.73. The first-order chi connectivity index (χ1) is 9.50. The van der Waals surface area contributed by atoms with E-state index in [1.54, 1.807) is 11.5 Å². The second-order valence-corrected chi connectivity index (χ2v) is 5.24. The van der Waals surface area contributed by atoms with E-state index >= 15 is 0 Å². The standard InChI is InChI=1S/C15H15NO4/c1-8-7-11(18)20-14-12(8)15(19)16-6-4-3-5-10(16)13(14)9(2)17/h7H,3-6H2,1-2H3. The predicted molar refractivity (Wildman–Crippen MR) is 74.4 cm³/mol. The number of nitrogens with zero attached hydrogens (tertiary/aromatic N) is 1. The lowest BCUT2D eigenvalue weighted by atomic mass is 9.98. The maximum absolute atomic E-state index is 12.6. The second-order valence-electron chi connectivity index (χ2n) is 5.24. The van der Waals surface area contributed by atoms with E-state index in [1.807, 2.05) is 0 Å². The molecule has 104 valence electrons. The Morgan fingerprint density at radius 2 is 2.05 bits per heavy atom. The van der Waals surface area contributed by atoms with Crippen LogP contribution in [0.2, 0.25) is 0 Å². The van der Waals surface area contributed by atoms with E-state index < -0.39 is 5.63 Å². The van der Waals surface area contributed by atoms with Crippen LogP contribution in [0.4, 0.5) is 0 Å². The first-order valence-corrected chi connectivity index (χ1v) is 6.71. The van der Waals surface area contributed by atoms with Crippen molar-refractivity contribution in [1.82, 2.24) is 4.57 Å². The Kier molecular flexibility index (Phi) is 2.85. The van der Waals surface area contributed by atoms with Crippen molar-refractivity contribution in [1.29, 1.82) is 0 Å². The van der Waals surface area contributed by atoms with Crippen molar-refractivity contribution in [3.8, 4) is 0 Å². The molecule has 0 saturated heterocycles. The Hall–Kier alpha value is -2.17. The number of aryl methyl sites for hydroxylation is 1. The zero-order chi connectivity index (χ0) is 14.4. The van der Waals surface area contributed by atoms with Crippen molar-refractivity contribution in [3.63, 3.8) is 0 Å². The molecule has 0 unspecified atom stereocenters. The van der Waals surface area contributed by atoms with E-state index in [2.05, 4.69) is 0 Å². The molecule has 2 aromatic heterocycles. The van der Waals surface area contributed by atoms with Gasteiger partial charge in [0.15, 0.2) is 11.4 Å². The van der Waals surface area contributed by atoms with Crippen LogP contribution in [0.25, 0.3) is 11.0 Å². The Balaban J connectivity index is 2.61. The van der Waals surface area contributed by atoms with Crippen LogP contribution in [0.5, 0.6) is 0 Å². The van der Waals surface area contributed by atoms with Crippen LogP contribution in [0.3, 0.4) is 0 Å². The van der Waals surface area contributed by atoms with Gasteiger partial charge >= 0.3 is 5.63 Å². The van der Waals surface area contributed by atoms with Crippen LogP contribution in [0, 0.1) is 6.92 Å². The first-order valence-electron chi connectivity index (χ1n) is 6.71. The molecule has 1 aliphatic heterocycles. The van der Waals surface area contributed by atoms with Gasteiger partial charge in [-0.05, 0) is 38.7 Å². The average molecular weight is 273 g/mol. The number of Topliss-reactive ketones (excluding diaryl/α,β-unsaturated/α-hetero) is 1. The van der Waals surface area contributed by atoms with Crippen molar-refractivity contribution in [2.45, 2.75) is 39.7 Å². The van der Waals surface area contributed by atoms with Crippen molar-refractivity contribution in [3.05, 3.63) is 43.7 Å². The van der Waals surface area contributed by atoms with E-state index in [-0.39, 0.29) is 16.9 Å². The maximum Gasteiger partial charge on any atom is 0.336 e. The molecule has 0 amide bonds. The summed E-state index contributed by atoms with van der Waals surface area (Å²) in [6.45, 7) is 3.75. The molecular formula is C15H15NO4. The summed E-state index contributed by atoms with van der Waals surface area (Å²) < 4.78 is 6.85. The molecule has 3 rings (SSSR count). The van der Waals surface area contributed by atoms with Gasteiger partial charge in [0.05, 0.1) is 10.9 Å². The molecule has 0 atom stereocenters. The smallest absolute Gasteiger partial charge is 0.336 e. The summed E-state index contributed by atoms with van der Waals surface area (Å²) in [6.07, 6.45) is 2.52. The molecule has 0 bridgehead atoms. The van der Waals surface area contributed by atoms with Gasteiger partial charge in [0, 0.05) is 18.3 Å². The summed E-state index contributed by atoms with van der Waals surface area (Å²) in [6, 6.07) is 1.30. The van der Waals surface area contributed by atoms with Crippen LogP contribution in [0.15, 0.2) is 20.1 Å². The highest BCUT2D eigenvalue weighted by molar-refractivity contribution is 6.06. The summed E-state index contributed by atoms with van der Waals surface area (Å²) in [4.78, 5) is 36.1. The highest BCUT2D eigenvalue weighted by Crippen LogP contribution is 2.25. The molecule has 0 aliphatic carbocycles. The van der Waals surface area contributed by atoms with Gasteiger partial charge < -0.3 is 8.98 Å². The summed E-state index contributed by atoms with van der Waals surface area (Å²) in [5.41, 5.74) is 1.11. The number of hydrogen-bond acceptors (Lipinski definition) is 4. The fraction of sp³-hybridized carbons (Fsp3) is 0.400. The summed E-state index contributed by atoms with van der Waals surface area (Å²) >= 11 is 0. The number of ketones is 1. The third-order valence-corrected chi connectivity index (χ3v) is 3.86. The molecule has 0 aromatic carbocycles. The summed E-state index contributed by atoms with van der Waals surface area (Å²) in [5, 5.41) is 0.348. The van der Waals surface area contributed by atoms with Gasteiger partial charge in [0.25, 0.3) is 5.56 Å². The Morgan fingerprint density at radius 3 is 2.75 bits per heavy atom. The molecule has 20 heavy (non-hydrogen) atoms. The minimum absolute atomic E-state index is 0.153. The molecule has 1 aliphatic rings. The van der Waals surface area contributed by atoms with E-state index in [1.165, 1.54) is 13.0 Å². The minimum atomic E-state index is -0.530. The molecule has 5 nitrogen and oxygen atoms in total. The van der Waals surface area contributed by atoms with Gasteiger partial charge in [0.1, 0.15) is 0 Å². The van der Waals surface area contributed by atoms with Crippen LogP contribution in [-0.2, 0) is 13.0 Å². The zero-order valence-electron chi connectivity index (χ0n) is 11.5. The highest BCUT2D eigenvalue weighted by Gasteiger charge is 2.24. The van der Waals surface area contributed by atoms with Crippen LogP contribution in [0.1, 0.15) is 41.4 Å². The number of carbonyl (C=O) groups is 1. The third-order valence-electron chi connectivity index (χ3n) is 3.86. The largest absolute Gasteiger partial charge is 0.422 e. The van der Waals surface area contributed by atoms with Gasteiger partial charge in [-0.15, -0.1) is 0 Å². The Bertz CT molecular complexity index is 842. The van der Waals surface area contributed by atoms with Crippen molar-refractivity contribution in [2.24, 2.45) is 0 Å². The number of rotatable bonds is 1. The predicted octanol–water partition coefficient (Wildman–Crippen LogP) is 1.80. The molecule has 0 saturated carbocycles. The Labute approximate surface area is 114 Å². The fourth-order valence-corrected chi connectivity index (χ4v) is 3.00. The van der Waals surface area contributed by atoms with E-state index in [4.69, 9.17) is 4.42 Å². The van der Waals surface area contributed by atoms with Gasteiger partial charge in [-0.25, -0.2) is 4.79 Å². The quantitative estimate of drug-likeness (QED) is 0.743. The topological polar surface area (TPSA) is 69.3 Å². The molecule has 0 radical (unpaired) electrons. The number of carbonyl (C=O) groups excluding carboxylic acids is 1. The normalized spacial score (nSPS) is 14.3. The number of pyridine rings is 1. The van der Waals surface area contributed by atoms with Gasteiger partial charge in [-0.1, -0.05) is 0 Å². The monoisotopic (exact) mass is 273 g/mol. The average Bonchev–Trinajstić information content (AvgIpc) is 2.37. The van der Waals surface area contributed by atoms with E-state index in [0.29, 0.717) is 35.2 Å². The van der Waals surface area contributed by atoms with Crippen molar-refractivity contribution < 1.29 is 9.21 Å². The lowest BCUT2D eigenvalue weighted by Crippen LogP contribution is -2.30. The molecule has 0 fully saturated rings. The van der Waals surface area contributed by atoms with Gasteiger partial charge in [0.2, 0.25) is 0 Å². The number of aromatic nitrogens is 1. The van der Waals surface area contributed by atoms with Gasteiger partial charge in [-0.3, -0.25) is 9.59 Å². The van der Waals surface area contributed by atoms with Gasteiger partial charge in [-0.2, -0.15) is 0 Å². The molecule has 0 N–H and O–H groups in total. The molecule has 0 spiro atoms. The SMILES string of the molecule is CC(=O)c1c2n(c(=O)c3c(C)cc(=O)oc13)CCCC2. The number of hydrogen-bond donors (Lipinski definition) is 0. The Morgan fingerprint density at radius 1 is 1.30 bits per heavy atom. The first kappa shape index (κ1) is 12.8. The summed E-state index contributed by atoms with van der Waals surface area (Å²) in [5.74, 6) is -0.172. The molecular weight excluding hydrogens is 258 g/mol. The second kappa shape index (κ2) is 4.44. The van der Waals surface area contributed by atoms with E-state index in [0.717, 1.165) is 12.8 Å². The minimum Gasteiger partial charge on any atom is -0.422 e. The molecule has 3 heterocycles. The molecule has 2 aromatic rings. The maximum atomic E-state index is 12.6. The van der Waals surface area contributed by atoms with E-state index in [9.17, 15) is 14.4 Å². The summed E-state index contributed by atoms with van der Waals surface area (Å²) in [7, 11) is 0. The van der Waals surface area contributed by atoms with Crippen molar-refractivity contribution >= 4 is 16.8 Å². The lowest BCUT2D eigenvalue weighted by molar-refractivity contribution is 0.101. The highest BCUT2D eigenvalue weighted by atomic mass is 16.4. The van der Waals surface area contributed by atoms with Crippen LogP contribution < -0.4 is 11.2 Å². The number of fused-ring (bicyclic) bond motifs is 2. The van der Waals surface area contributed by atoms with Crippen molar-refractivity contribution in [2.75, 3.05) is 0 Å². The van der Waals surface area contributed by atoms with Crippen LogP contribution in [-0.4, -0.2) is 10.4 Å². The molecule has 5 heteroatoms. The van der Waals surface area contributed by atoms with Crippen LogP contribution >= 0.6 is 0 Å². The fourth-order valence-electron chi connectivity index (χ4n) is 3.00. The lowest BCUT2D eigenvalue weighted by Gasteiger charge is -2.21. The zero-order valence-corrected chi connectivity index (χ0v) is 11.5.